The van der Waals surface area contributed by atoms with Crippen molar-refractivity contribution < 1.29 is 4.79 Å². The van der Waals surface area contributed by atoms with Crippen LogP contribution in [0.2, 0.25) is 0 Å². The van der Waals surface area contributed by atoms with E-state index in [0.717, 1.165) is 12.3 Å². The van der Waals surface area contributed by atoms with Crippen LogP contribution >= 0.6 is 0 Å². The second kappa shape index (κ2) is 4.03. The lowest BCUT2D eigenvalue weighted by molar-refractivity contribution is 0.249. The number of hydrogen-bond donors (Lipinski definition) is 4. The third-order valence-electron chi connectivity index (χ3n) is 1.16. The SMILES string of the molecule is NC(=O)NN=Cc1cc(=O)[nH]c(=O)[nH]1. The van der Waals surface area contributed by atoms with Crippen LogP contribution in [0, 0.1) is 0 Å². The lowest BCUT2D eigenvalue weighted by atomic mass is 10.4. The summed E-state index contributed by atoms with van der Waals surface area (Å²) < 4.78 is 0. The molecule has 14 heavy (non-hydrogen) atoms. The van der Waals surface area contributed by atoms with Crippen molar-refractivity contribution in [2.75, 3.05) is 0 Å². The van der Waals surface area contributed by atoms with Gasteiger partial charge in [0.2, 0.25) is 0 Å². The highest BCUT2D eigenvalue weighted by molar-refractivity contribution is 5.79. The van der Waals surface area contributed by atoms with Gasteiger partial charge in [-0.1, -0.05) is 0 Å². The first-order valence-electron chi connectivity index (χ1n) is 3.50. The van der Waals surface area contributed by atoms with Crippen molar-refractivity contribution >= 4 is 12.2 Å². The first-order chi connectivity index (χ1) is 6.58. The molecule has 0 aliphatic carbocycles. The molecule has 1 rings (SSSR count). The Morgan fingerprint density at radius 1 is 1.50 bits per heavy atom. The fourth-order valence-corrected chi connectivity index (χ4v) is 0.723. The molecule has 0 saturated heterocycles. The van der Waals surface area contributed by atoms with Gasteiger partial charge in [-0.15, -0.1) is 0 Å². The highest BCUT2D eigenvalue weighted by Crippen LogP contribution is 1.76. The van der Waals surface area contributed by atoms with Crippen LogP contribution in [0.4, 0.5) is 4.79 Å². The topological polar surface area (TPSA) is 133 Å². The average Bonchev–Trinajstić information content (AvgIpc) is 2.01. The number of hydrogen-bond acceptors (Lipinski definition) is 4. The first kappa shape index (κ1) is 9.71. The number of nitrogens with two attached hydrogens (primary N) is 1. The molecule has 1 aromatic rings. The molecule has 2 amide bonds. The number of nitrogens with zero attached hydrogens (tertiary/aromatic N) is 1. The van der Waals surface area contributed by atoms with Gasteiger partial charge in [0, 0.05) is 6.07 Å². The number of carbonyl (C=O) groups excluding carboxylic acids is 1. The van der Waals surface area contributed by atoms with Crippen LogP contribution < -0.4 is 22.4 Å². The van der Waals surface area contributed by atoms with Gasteiger partial charge in [-0.3, -0.25) is 9.78 Å². The highest BCUT2D eigenvalue weighted by atomic mass is 16.2. The lowest BCUT2D eigenvalue weighted by Gasteiger charge is -1.91. The molecule has 8 nitrogen and oxygen atoms in total. The van der Waals surface area contributed by atoms with Gasteiger partial charge in [0.05, 0.1) is 11.9 Å². The molecule has 74 valence electrons. The van der Waals surface area contributed by atoms with Crippen LogP contribution in [0.25, 0.3) is 0 Å². The summed E-state index contributed by atoms with van der Waals surface area (Å²) in [6, 6.07) is 0.265. The van der Waals surface area contributed by atoms with E-state index in [1.54, 1.807) is 0 Å². The molecule has 0 aliphatic heterocycles. The van der Waals surface area contributed by atoms with Crippen LogP contribution in [-0.2, 0) is 0 Å². The molecular weight excluding hydrogens is 190 g/mol. The van der Waals surface area contributed by atoms with Crippen molar-refractivity contribution in [1.29, 1.82) is 0 Å². The van der Waals surface area contributed by atoms with E-state index in [1.807, 2.05) is 10.4 Å². The van der Waals surface area contributed by atoms with Crippen molar-refractivity contribution in [2.24, 2.45) is 10.8 Å². The number of hydrazone groups is 1. The standard InChI is InChI=1S/C6H7N5O3/c7-5(13)11-8-2-3-1-4(12)10-6(14)9-3/h1-2H,(H3,7,11,13)(H2,9,10,12,14). The zero-order valence-electron chi connectivity index (χ0n) is 6.90. The Balaban J connectivity index is 2.87. The molecule has 0 atom stereocenters. The fraction of sp³-hybridized carbons (Fsp3) is 0. The number of carbonyl (C=O) groups is 1. The minimum absolute atomic E-state index is 0.160. The van der Waals surface area contributed by atoms with Crippen LogP contribution in [0.1, 0.15) is 5.69 Å². The van der Waals surface area contributed by atoms with Gasteiger partial charge in [0.1, 0.15) is 0 Å². The van der Waals surface area contributed by atoms with E-state index in [9.17, 15) is 14.4 Å². The summed E-state index contributed by atoms with van der Waals surface area (Å²) in [5.41, 5.74) is 5.56. The van der Waals surface area contributed by atoms with E-state index in [4.69, 9.17) is 5.73 Å². The Labute approximate surface area is 76.8 Å². The summed E-state index contributed by atoms with van der Waals surface area (Å²) in [6.07, 6.45) is 1.08. The van der Waals surface area contributed by atoms with Crippen LogP contribution in [0.15, 0.2) is 20.8 Å². The van der Waals surface area contributed by atoms with Gasteiger partial charge in [-0.05, 0) is 0 Å². The number of aromatic nitrogens is 2. The maximum absolute atomic E-state index is 10.8. The van der Waals surface area contributed by atoms with Gasteiger partial charge >= 0.3 is 11.7 Å². The molecule has 0 saturated carbocycles. The minimum atomic E-state index is -0.839. The zero-order chi connectivity index (χ0) is 10.6. The van der Waals surface area contributed by atoms with Gasteiger partial charge in [-0.2, -0.15) is 5.10 Å². The molecular formula is C6H7N5O3. The number of H-pyrrole nitrogens is 2. The molecule has 5 N–H and O–H groups in total. The Hall–Kier alpha value is -2.38. The highest BCUT2D eigenvalue weighted by Gasteiger charge is 1.92. The molecule has 0 spiro atoms. The summed E-state index contributed by atoms with van der Waals surface area (Å²) in [4.78, 5) is 35.9. The number of amides is 2. The second-order valence-electron chi connectivity index (χ2n) is 2.28. The molecule has 0 bridgehead atoms. The Morgan fingerprint density at radius 3 is 2.79 bits per heavy atom. The molecule has 0 fully saturated rings. The number of aromatic amines is 2. The maximum Gasteiger partial charge on any atom is 0.332 e. The summed E-state index contributed by atoms with van der Waals surface area (Å²) in [5, 5.41) is 3.35. The summed E-state index contributed by atoms with van der Waals surface area (Å²) in [6.45, 7) is 0. The van der Waals surface area contributed by atoms with E-state index in [0.29, 0.717) is 0 Å². The van der Waals surface area contributed by atoms with Crippen LogP contribution in [0.3, 0.4) is 0 Å². The van der Waals surface area contributed by atoms with Crippen LogP contribution in [0.5, 0.6) is 0 Å². The van der Waals surface area contributed by atoms with E-state index >= 15 is 0 Å². The van der Waals surface area contributed by atoms with Crippen molar-refractivity contribution in [1.82, 2.24) is 15.4 Å². The Kier molecular flexibility index (Phi) is 2.79. The second-order valence-corrected chi connectivity index (χ2v) is 2.28. The monoisotopic (exact) mass is 197 g/mol. The van der Waals surface area contributed by atoms with Crippen LogP contribution in [-0.4, -0.2) is 22.2 Å². The largest absolute Gasteiger partial charge is 0.350 e. The molecule has 0 aliphatic rings. The van der Waals surface area contributed by atoms with Crippen molar-refractivity contribution in [2.45, 2.75) is 0 Å². The van der Waals surface area contributed by atoms with Crippen molar-refractivity contribution in [3.8, 4) is 0 Å². The quantitative estimate of drug-likeness (QED) is 0.324. The van der Waals surface area contributed by atoms with Gasteiger partial charge in [-0.25, -0.2) is 15.0 Å². The molecule has 0 unspecified atom stereocenters. The zero-order valence-corrected chi connectivity index (χ0v) is 6.90. The molecule has 0 radical (unpaired) electrons. The fourth-order valence-electron chi connectivity index (χ4n) is 0.723. The van der Waals surface area contributed by atoms with E-state index in [-0.39, 0.29) is 5.69 Å². The summed E-state index contributed by atoms with van der Waals surface area (Å²) in [5.74, 6) is 0. The number of nitrogens with one attached hydrogen (secondary N) is 3. The third-order valence-corrected chi connectivity index (χ3v) is 1.16. The smallest absolute Gasteiger partial charge is 0.332 e. The third kappa shape index (κ3) is 2.93. The van der Waals surface area contributed by atoms with Crippen molar-refractivity contribution in [3.63, 3.8) is 0 Å². The maximum atomic E-state index is 10.8. The summed E-state index contributed by atoms with van der Waals surface area (Å²) >= 11 is 0. The predicted octanol–water partition coefficient (Wildman–Crippen LogP) is -1.93. The van der Waals surface area contributed by atoms with Crippen molar-refractivity contribution in [3.05, 3.63) is 32.6 Å². The van der Waals surface area contributed by atoms with Gasteiger partial charge in [0.15, 0.2) is 0 Å². The number of primary amides is 1. The number of rotatable bonds is 2. The first-order valence-corrected chi connectivity index (χ1v) is 3.50. The Morgan fingerprint density at radius 2 is 2.21 bits per heavy atom. The van der Waals surface area contributed by atoms with E-state index < -0.39 is 17.3 Å². The van der Waals surface area contributed by atoms with Gasteiger partial charge in [0.25, 0.3) is 5.56 Å². The van der Waals surface area contributed by atoms with E-state index in [1.165, 1.54) is 0 Å². The molecule has 8 heteroatoms. The summed E-state index contributed by atoms with van der Waals surface area (Å²) in [7, 11) is 0. The molecule has 1 aromatic heterocycles. The van der Waals surface area contributed by atoms with E-state index in [2.05, 4.69) is 10.1 Å². The predicted molar refractivity (Wildman–Crippen MR) is 48.0 cm³/mol. The van der Waals surface area contributed by atoms with Gasteiger partial charge < -0.3 is 10.7 Å². The Bertz CT molecular complexity index is 443. The minimum Gasteiger partial charge on any atom is -0.350 e. The average molecular weight is 197 g/mol. The molecule has 0 aromatic carbocycles. The molecule has 1 heterocycles. The lowest BCUT2D eigenvalue weighted by Crippen LogP contribution is -2.25. The number of urea groups is 1. The normalized spacial score (nSPS) is 10.3.